The molecule has 5 rings (SSSR count). The number of nitrogens with one attached hydrogen (secondary N) is 1. The van der Waals surface area contributed by atoms with Crippen molar-refractivity contribution in [2.75, 3.05) is 13.1 Å². The molecule has 1 heterocycles. The van der Waals surface area contributed by atoms with Gasteiger partial charge in [-0.15, -0.1) is 0 Å². The van der Waals surface area contributed by atoms with Gasteiger partial charge in [0.1, 0.15) is 11.9 Å². The highest BCUT2D eigenvalue weighted by Gasteiger charge is 2.39. The van der Waals surface area contributed by atoms with Crippen LogP contribution in [0.3, 0.4) is 0 Å². The third kappa shape index (κ3) is 7.80. The van der Waals surface area contributed by atoms with Crippen molar-refractivity contribution in [3.05, 3.63) is 107 Å². The van der Waals surface area contributed by atoms with Gasteiger partial charge in [0.05, 0.1) is 0 Å². The Morgan fingerprint density at radius 1 is 0.854 bits per heavy atom. The van der Waals surface area contributed by atoms with Crippen LogP contribution >= 0.6 is 0 Å². The molecule has 0 radical (unpaired) electrons. The Morgan fingerprint density at radius 2 is 1.49 bits per heavy atom. The molecule has 7 heteroatoms. The maximum absolute atomic E-state index is 13.8. The van der Waals surface area contributed by atoms with Gasteiger partial charge in [-0.25, -0.2) is 4.39 Å². The van der Waals surface area contributed by atoms with E-state index in [9.17, 15) is 14.0 Å². The summed E-state index contributed by atoms with van der Waals surface area (Å²) in [5.41, 5.74) is 9.00. The smallest absolute Gasteiger partial charge is 0.254 e. The summed E-state index contributed by atoms with van der Waals surface area (Å²) in [4.78, 5) is 31.6. The number of hydrogen-bond donors (Lipinski definition) is 2. The second kappa shape index (κ2) is 13.9. The summed E-state index contributed by atoms with van der Waals surface area (Å²) in [6.45, 7) is 2.09. The second-order valence-electron chi connectivity index (χ2n) is 11.5. The lowest BCUT2D eigenvalue weighted by atomic mass is 9.90. The van der Waals surface area contributed by atoms with Gasteiger partial charge in [0, 0.05) is 43.3 Å². The molecule has 0 aromatic heterocycles. The van der Waals surface area contributed by atoms with Crippen LogP contribution in [0.15, 0.2) is 84.9 Å². The number of likely N-dealkylation sites (tertiary alicyclic amines) is 1. The van der Waals surface area contributed by atoms with Crippen LogP contribution in [0.1, 0.15) is 60.0 Å². The lowest BCUT2D eigenvalue weighted by Gasteiger charge is -2.43. The molecule has 2 atom stereocenters. The average Bonchev–Trinajstić information content (AvgIpc) is 3.01. The fraction of sp³-hybridized carbons (Fsp3) is 0.412. The van der Waals surface area contributed by atoms with Crippen molar-refractivity contribution in [3.8, 4) is 0 Å². The van der Waals surface area contributed by atoms with E-state index in [1.54, 1.807) is 4.90 Å². The number of nitrogens with zero attached hydrogens (tertiary/aromatic N) is 2. The number of nitrogens with two attached hydrogens (primary N) is 1. The summed E-state index contributed by atoms with van der Waals surface area (Å²) < 4.78 is 13.6. The molecule has 1 aliphatic carbocycles. The SMILES string of the molecule is NC1CCC(NC(=O)[C@H]2CC(N(CCc3ccccc3)Cc3ccccc3)CCN2C(=O)c2ccc(F)cc2)CC1. The van der Waals surface area contributed by atoms with Crippen LogP contribution in [0.2, 0.25) is 0 Å². The van der Waals surface area contributed by atoms with Crippen molar-refractivity contribution < 1.29 is 14.0 Å². The predicted octanol–water partition coefficient (Wildman–Crippen LogP) is 4.93. The van der Waals surface area contributed by atoms with Crippen molar-refractivity contribution in [2.45, 2.75) is 75.7 Å². The van der Waals surface area contributed by atoms with E-state index in [2.05, 4.69) is 58.7 Å². The highest BCUT2D eigenvalue weighted by Crippen LogP contribution is 2.27. The van der Waals surface area contributed by atoms with Gasteiger partial charge in [0.25, 0.3) is 5.91 Å². The summed E-state index contributed by atoms with van der Waals surface area (Å²) >= 11 is 0. The van der Waals surface area contributed by atoms with Crippen molar-refractivity contribution in [2.24, 2.45) is 5.73 Å². The molecular formula is C34H41FN4O2. The highest BCUT2D eigenvalue weighted by atomic mass is 19.1. The standard InChI is InChI=1S/C34H41FN4O2/c35-28-13-11-27(12-14-28)34(41)39-22-20-31(23-32(39)33(40)37-30-17-15-29(36)16-18-30)38(24-26-9-5-2-6-10-26)21-19-25-7-3-1-4-8-25/h1-14,29-32H,15-24,36H2,(H,37,40)/t29?,30?,31?,32-/m1/s1. The number of halogens is 1. The maximum Gasteiger partial charge on any atom is 0.254 e. The highest BCUT2D eigenvalue weighted by molar-refractivity contribution is 5.97. The minimum absolute atomic E-state index is 0.0731. The number of piperidine rings is 1. The first kappa shape index (κ1) is 29.0. The van der Waals surface area contributed by atoms with Crippen LogP contribution in [0.4, 0.5) is 4.39 Å². The van der Waals surface area contributed by atoms with E-state index in [-0.39, 0.29) is 35.8 Å². The van der Waals surface area contributed by atoms with Crippen molar-refractivity contribution in [3.63, 3.8) is 0 Å². The Hall–Kier alpha value is -3.55. The number of amides is 2. The largest absolute Gasteiger partial charge is 0.352 e. The lowest BCUT2D eigenvalue weighted by Crippen LogP contribution is -2.58. The third-order valence-electron chi connectivity index (χ3n) is 8.62. The Bertz CT molecular complexity index is 1260. The normalized spacial score (nSPS) is 22.9. The number of rotatable bonds is 9. The first-order chi connectivity index (χ1) is 20.0. The van der Waals surface area contributed by atoms with Crippen LogP contribution in [0.25, 0.3) is 0 Å². The van der Waals surface area contributed by atoms with Crippen LogP contribution in [-0.4, -0.2) is 58.9 Å². The molecule has 1 saturated heterocycles. The number of hydrogen-bond acceptors (Lipinski definition) is 4. The third-order valence-corrected chi connectivity index (χ3v) is 8.62. The van der Waals surface area contributed by atoms with Crippen LogP contribution < -0.4 is 11.1 Å². The Kier molecular flexibility index (Phi) is 9.80. The summed E-state index contributed by atoms with van der Waals surface area (Å²) in [6.07, 6.45) is 5.70. The zero-order chi connectivity index (χ0) is 28.6. The summed E-state index contributed by atoms with van der Waals surface area (Å²) in [7, 11) is 0. The van der Waals surface area contributed by atoms with E-state index >= 15 is 0 Å². The minimum atomic E-state index is -0.600. The number of carbonyl (C=O) groups is 2. The summed E-state index contributed by atoms with van der Waals surface area (Å²) in [5, 5.41) is 3.25. The van der Waals surface area contributed by atoms with Crippen LogP contribution in [0.5, 0.6) is 0 Å². The zero-order valence-corrected chi connectivity index (χ0v) is 23.6. The van der Waals surface area contributed by atoms with E-state index in [0.29, 0.717) is 18.5 Å². The van der Waals surface area contributed by atoms with E-state index in [1.165, 1.54) is 35.4 Å². The topological polar surface area (TPSA) is 78.7 Å². The number of carbonyl (C=O) groups excluding carboxylic acids is 2. The van der Waals surface area contributed by atoms with Gasteiger partial charge in [-0.3, -0.25) is 14.5 Å². The quantitative estimate of drug-likeness (QED) is 0.392. The Morgan fingerprint density at radius 3 is 2.15 bits per heavy atom. The maximum atomic E-state index is 13.8. The average molecular weight is 557 g/mol. The monoisotopic (exact) mass is 556 g/mol. The molecule has 6 nitrogen and oxygen atoms in total. The van der Waals surface area contributed by atoms with Crippen molar-refractivity contribution >= 4 is 11.8 Å². The van der Waals surface area contributed by atoms with Gasteiger partial charge in [-0.2, -0.15) is 0 Å². The van der Waals surface area contributed by atoms with E-state index in [4.69, 9.17) is 5.73 Å². The number of benzene rings is 3. The van der Waals surface area contributed by atoms with E-state index < -0.39 is 6.04 Å². The molecule has 1 saturated carbocycles. The van der Waals surface area contributed by atoms with Crippen LogP contribution in [0, 0.1) is 5.82 Å². The van der Waals surface area contributed by atoms with Crippen molar-refractivity contribution in [1.29, 1.82) is 0 Å². The van der Waals surface area contributed by atoms with E-state index in [0.717, 1.165) is 51.6 Å². The van der Waals surface area contributed by atoms with Gasteiger partial charge in [-0.1, -0.05) is 60.7 Å². The lowest BCUT2D eigenvalue weighted by molar-refractivity contribution is -0.128. The first-order valence-electron chi connectivity index (χ1n) is 14.9. The molecule has 1 aliphatic heterocycles. The molecule has 1 unspecified atom stereocenters. The molecule has 2 aliphatic rings. The second-order valence-corrected chi connectivity index (χ2v) is 11.5. The van der Waals surface area contributed by atoms with Gasteiger partial charge in [0.15, 0.2) is 0 Å². The fourth-order valence-electron chi connectivity index (χ4n) is 6.22. The van der Waals surface area contributed by atoms with Gasteiger partial charge < -0.3 is 16.0 Å². The molecule has 3 aromatic carbocycles. The molecule has 0 bridgehead atoms. The molecule has 2 amide bonds. The van der Waals surface area contributed by atoms with E-state index in [1.807, 2.05) is 12.1 Å². The summed E-state index contributed by atoms with van der Waals surface area (Å²) in [5.74, 6) is -0.721. The van der Waals surface area contributed by atoms with Crippen LogP contribution in [-0.2, 0) is 17.8 Å². The molecule has 0 spiro atoms. The molecule has 41 heavy (non-hydrogen) atoms. The Balaban J connectivity index is 1.36. The minimum Gasteiger partial charge on any atom is -0.352 e. The van der Waals surface area contributed by atoms with Gasteiger partial charge in [0.2, 0.25) is 5.91 Å². The van der Waals surface area contributed by atoms with Gasteiger partial charge >= 0.3 is 0 Å². The summed E-state index contributed by atoms with van der Waals surface area (Å²) in [6, 6.07) is 26.3. The molecule has 2 fully saturated rings. The molecular weight excluding hydrogens is 515 g/mol. The molecule has 3 N–H and O–H groups in total. The molecule has 216 valence electrons. The van der Waals surface area contributed by atoms with Gasteiger partial charge in [-0.05, 0) is 80.3 Å². The van der Waals surface area contributed by atoms with Crippen molar-refractivity contribution in [1.82, 2.24) is 15.1 Å². The first-order valence-corrected chi connectivity index (χ1v) is 14.9. The zero-order valence-electron chi connectivity index (χ0n) is 23.6. The fourth-order valence-corrected chi connectivity index (χ4v) is 6.22. The predicted molar refractivity (Wildman–Crippen MR) is 160 cm³/mol. The molecule has 3 aromatic rings. The Labute approximate surface area is 242 Å².